The van der Waals surface area contributed by atoms with Crippen molar-refractivity contribution in [2.24, 2.45) is 0 Å². The zero-order valence-corrected chi connectivity index (χ0v) is 12.6. The molecule has 2 rings (SSSR count). The summed E-state index contributed by atoms with van der Waals surface area (Å²) in [7, 11) is 0. The predicted molar refractivity (Wildman–Crippen MR) is 76.5 cm³/mol. The molecule has 0 saturated heterocycles. The lowest BCUT2D eigenvalue weighted by molar-refractivity contribution is -0.380. The first-order valence-electron chi connectivity index (χ1n) is 6.36. The Bertz CT molecular complexity index is 674. The number of hydrogen-bond donors (Lipinski definition) is 0. The first-order valence-corrected chi connectivity index (χ1v) is 7.18. The third-order valence-electron chi connectivity index (χ3n) is 2.64. The summed E-state index contributed by atoms with van der Waals surface area (Å²) in [6.07, 6.45) is 0. The number of carbonyl (C=O) groups is 1. The Morgan fingerprint density at radius 2 is 2.24 bits per heavy atom. The number of thiophene rings is 1. The summed E-state index contributed by atoms with van der Waals surface area (Å²) >= 11 is 0.945. The van der Waals surface area contributed by atoms with E-state index in [1.807, 2.05) is 13.8 Å². The maximum absolute atomic E-state index is 11.9. The van der Waals surface area contributed by atoms with Gasteiger partial charge in [-0.05, 0) is 18.9 Å². The molecule has 112 valence electrons. The van der Waals surface area contributed by atoms with Gasteiger partial charge in [0.25, 0.3) is 0 Å². The molecule has 0 N–H and O–H groups in total. The molecule has 0 aliphatic rings. The summed E-state index contributed by atoms with van der Waals surface area (Å²) in [5, 5.41) is 10.7. The molecule has 0 fully saturated rings. The monoisotopic (exact) mass is 310 g/mol. The number of carbonyl (C=O) groups excluding carboxylic acids is 1. The van der Waals surface area contributed by atoms with Crippen molar-refractivity contribution in [3.63, 3.8) is 0 Å². The molecule has 0 unspecified atom stereocenters. The number of ether oxygens (including phenoxy) is 1. The highest BCUT2D eigenvalue weighted by molar-refractivity contribution is 7.18. The molecule has 2 aromatic rings. The average Bonchev–Trinajstić information content (AvgIpc) is 3.05. The van der Waals surface area contributed by atoms with Gasteiger partial charge in [-0.2, -0.15) is 0 Å². The van der Waals surface area contributed by atoms with E-state index in [2.05, 4.69) is 4.98 Å². The van der Waals surface area contributed by atoms with E-state index in [-0.39, 0.29) is 29.2 Å². The molecule has 0 atom stereocenters. The van der Waals surface area contributed by atoms with Crippen molar-refractivity contribution in [2.45, 2.75) is 26.7 Å². The quantitative estimate of drug-likeness (QED) is 0.475. The van der Waals surface area contributed by atoms with Gasteiger partial charge in [0, 0.05) is 6.07 Å². The van der Waals surface area contributed by atoms with E-state index in [1.54, 1.807) is 13.0 Å². The number of hydrogen-bond acceptors (Lipinski definition) is 7. The molecular formula is C13H14N2O5S. The predicted octanol–water partition coefficient (Wildman–Crippen LogP) is 3.61. The van der Waals surface area contributed by atoms with Gasteiger partial charge >= 0.3 is 11.0 Å². The van der Waals surface area contributed by atoms with Crippen LogP contribution < -0.4 is 0 Å². The maximum Gasteiger partial charge on any atom is 0.376 e. The molecule has 21 heavy (non-hydrogen) atoms. The van der Waals surface area contributed by atoms with Crippen LogP contribution in [0.15, 0.2) is 16.5 Å². The lowest BCUT2D eigenvalue weighted by atomic mass is 10.1. The topological polar surface area (TPSA) is 95.5 Å². The van der Waals surface area contributed by atoms with Crippen molar-refractivity contribution in [2.75, 3.05) is 6.61 Å². The Kier molecular flexibility index (Phi) is 4.37. The third-order valence-corrected chi connectivity index (χ3v) is 3.67. The average molecular weight is 310 g/mol. The van der Waals surface area contributed by atoms with Crippen LogP contribution in [0.3, 0.4) is 0 Å². The Morgan fingerprint density at radius 3 is 2.76 bits per heavy atom. The van der Waals surface area contributed by atoms with E-state index < -0.39 is 10.9 Å². The van der Waals surface area contributed by atoms with Crippen LogP contribution in [0, 0.1) is 10.1 Å². The van der Waals surface area contributed by atoms with Gasteiger partial charge in [-0.25, -0.2) is 9.78 Å². The summed E-state index contributed by atoms with van der Waals surface area (Å²) < 4.78 is 10.4. The van der Waals surface area contributed by atoms with Gasteiger partial charge < -0.3 is 9.15 Å². The van der Waals surface area contributed by atoms with E-state index >= 15 is 0 Å². The zero-order chi connectivity index (χ0) is 15.6. The zero-order valence-electron chi connectivity index (χ0n) is 11.8. The van der Waals surface area contributed by atoms with E-state index in [1.165, 1.54) is 6.07 Å². The van der Waals surface area contributed by atoms with Gasteiger partial charge in [-0.3, -0.25) is 10.1 Å². The van der Waals surface area contributed by atoms with Crippen LogP contribution in [-0.4, -0.2) is 22.5 Å². The molecule has 2 aromatic heterocycles. The van der Waals surface area contributed by atoms with Crippen LogP contribution in [0.4, 0.5) is 5.00 Å². The number of aromatic nitrogens is 1. The molecule has 0 aliphatic carbocycles. The number of esters is 1. The Hall–Kier alpha value is -2.22. The second-order valence-electron chi connectivity index (χ2n) is 4.50. The summed E-state index contributed by atoms with van der Waals surface area (Å²) in [4.78, 5) is 26.9. The Balaban J connectivity index is 2.42. The number of nitrogens with zero attached hydrogens (tertiary/aromatic N) is 2. The van der Waals surface area contributed by atoms with E-state index in [0.717, 1.165) is 11.3 Å². The third kappa shape index (κ3) is 3.10. The minimum absolute atomic E-state index is 0.00742. The molecule has 2 heterocycles. The summed E-state index contributed by atoms with van der Waals surface area (Å²) in [6, 6.07) is 2.93. The van der Waals surface area contributed by atoms with Crippen molar-refractivity contribution in [1.29, 1.82) is 0 Å². The second kappa shape index (κ2) is 6.04. The van der Waals surface area contributed by atoms with Crippen LogP contribution in [-0.2, 0) is 4.74 Å². The highest BCUT2D eigenvalue weighted by Gasteiger charge is 2.25. The molecule has 7 nitrogen and oxygen atoms in total. The minimum Gasteiger partial charge on any atom is -0.460 e. The first-order chi connectivity index (χ1) is 9.93. The van der Waals surface area contributed by atoms with Crippen LogP contribution >= 0.6 is 11.3 Å². The number of nitro groups is 1. The Morgan fingerprint density at radius 1 is 1.52 bits per heavy atom. The van der Waals surface area contributed by atoms with Gasteiger partial charge in [0.1, 0.15) is 0 Å². The fourth-order valence-electron chi connectivity index (χ4n) is 1.71. The van der Waals surface area contributed by atoms with Crippen molar-refractivity contribution >= 4 is 22.3 Å². The molecule has 0 bridgehead atoms. The fraction of sp³-hybridized carbons (Fsp3) is 0.385. The standard InChI is InChI=1S/C13H14N2O5S/c1-4-19-13(16)11-10(7(2)3)14-12(20-11)8-5-6-9(21-8)15(17)18/h5-7H,4H2,1-3H3. The molecule has 8 heteroatoms. The van der Waals surface area contributed by atoms with Gasteiger partial charge in [-0.1, -0.05) is 25.2 Å². The van der Waals surface area contributed by atoms with E-state index in [4.69, 9.17) is 9.15 Å². The molecule has 0 aromatic carbocycles. The van der Waals surface area contributed by atoms with Crippen LogP contribution in [0.2, 0.25) is 0 Å². The largest absolute Gasteiger partial charge is 0.460 e. The summed E-state index contributed by atoms with van der Waals surface area (Å²) in [6.45, 7) is 5.69. The van der Waals surface area contributed by atoms with Gasteiger partial charge in [-0.15, -0.1) is 0 Å². The first kappa shape index (κ1) is 15.2. The molecule has 0 aliphatic heterocycles. The van der Waals surface area contributed by atoms with Gasteiger partial charge in [0.2, 0.25) is 11.7 Å². The molecule has 0 amide bonds. The van der Waals surface area contributed by atoms with Crippen LogP contribution in [0.25, 0.3) is 10.8 Å². The molecule has 0 spiro atoms. The van der Waals surface area contributed by atoms with Crippen molar-refractivity contribution in [1.82, 2.24) is 4.98 Å². The molecule has 0 radical (unpaired) electrons. The van der Waals surface area contributed by atoms with Crippen LogP contribution in [0.1, 0.15) is 42.9 Å². The summed E-state index contributed by atoms with van der Waals surface area (Å²) in [5.41, 5.74) is 0.486. The fourth-order valence-corrected chi connectivity index (χ4v) is 2.46. The summed E-state index contributed by atoms with van der Waals surface area (Å²) in [5.74, 6) is -0.361. The molecule has 0 saturated carbocycles. The SMILES string of the molecule is CCOC(=O)c1oc(-c2ccc([N+](=O)[O-])s2)nc1C(C)C. The lowest BCUT2D eigenvalue weighted by Gasteiger charge is -2.02. The van der Waals surface area contributed by atoms with Crippen molar-refractivity contribution in [3.05, 3.63) is 33.7 Å². The number of oxazole rings is 1. The highest BCUT2D eigenvalue weighted by atomic mass is 32.1. The van der Waals surface area contributed by atoms with Gasteiger partial charge in [0.15, 0.2) is 0 Å². The van der Waals surface area contributed by atoms with Gasteiger partial charge in [0.05, 0.1) is 22.1 Å². The number of rotatable bonds is 5. The van der Waals surface area contributed by atoms with E-state index in [0.29, 0.717) is 10.6 Å². The molecular weight excluding hydrogens is 296 g/mol. The minimum atomic E-state index is -0.578. The lowest BCUT2D eigenvalue weighted by Crippen LogP contribution is -2.07. The maximum atomic E-state index is 11.9. The van der Waals surface area contributed by atoms with Crippen LogP contribution in [0.5, 0.6) is 0 Å². The van der Waals surface area contributed by atoms with Crippen molar-refractivity contribution < 1.29 is 18.9 Å². The second-order valence-corrected chi connectivity index (χ2v) is 5.57. The smallest absolute Gasteiger partial charge is 0.376 e. The normalized spacial score (nSPS) is 10.9. The Labute approximate surface area is 124 Å². The van der Waals surface area contributed by atoms with E-state index in [9.17, 15) is 14.9 Å². The highest BCUT2D eigenvalue weighted by Crippen LogP contribution is 2.34. The van der Waals surface area contributed by atoms with Crippen molar-refractivity contribution in [3.8, 4) is 10.8 Å².